The van der Waals surface area contributed by atoms with E-state index >= 15 is 0 Å². The molecule has 1 saturated heterocycles. The molecule has 0 amide bonds. The van der Waals surface area contributed by atoms with Crippen LogP contribution in [-0.4, -0.2) is 47.0 Å². The standard InChI is InChI=1S/C18H18N4O4S/c1-13-20-18(21-26-13)14-7-8-17(19-11-14)25-15-9-10-22(12-15)27(23,24)16-5-3-2-4-6-16/h2-8,11,15H,9-10,12H2,1H3/t15-/m1/s1. The third-order valence-electron chi connectivity index (χ3n) is 4.30. The summed E-state index contributed by atoms with van der Waals surface area (Å²) in [6.07, 6.45) is 1.97. The molecule has 0 bridgehead atoms. The maximum absolute atomic E-state index is 12.7. The zero-order chi connectivity index (χ0) is 18.9. The van der Waals surface area contributed by atoms with Crippen molar-refractivity contribution < 1.29 is 17.7 Å². The van der Waals surface area contributed by atoms with Crippen LogP contribution in [-0.2, 0) is 10.0 Å². The van der Waals surface area contributed by atoms with Crippen LogP contribution in [0.1, 0.15) is 12.3 Å². The first-order chi connectivity index (χ1) is 13.0. The van der Waals surface area contributed by atoms with Crippen LogP contribution in [0.5, 0.6) is 5.88 Å². The fraction of sp³-hybridized carbons (Fsp3) is 0.278. The molecule has 0 unspecified atom stereocenters. The second-order valence-electron chi connectivity index (χ2n) is 6.23. The van der Waals surface area contributed by atoms with Gasteiger partial charge in [-0.3, -0.25) is 0 Å². The van der Waals surface area contributed by atoms with E-state index in [4.69, 9.17) is 9.26 Å². The number of sulfonamides is 1. The predicted molar refractivity (Wildman–Crippen MR) is 96.5 cm³/mol. The SMILES string of the molecule is Cc1nc(-c2ccc(O[C@@H]3CCN(S(=O)(=O)c4ccccc4)C3)nc2)no1. The van der Waals surface area contributed by atoms with Gasteiger partial charge in [0.25, 0.3) is 0 Å². The molecule has 3 aromatic rings. The molecule has 4 rings (SSSR count). The van der Waals surface area contributed by atoms with Crippen molar-refractivity contribution >= 4 is 10.0 Å². The fourth-order valence-electron chi connectivity index (χ4n) is 2.92. The first-order valence-corrected chi connectivity index (χ1v) is 9.95. The van der Waals surface area contributed by atoms with E-state index < -0.39 is 10.0 Å². The lowest BCUT2D eigenvalue weighted by molar-refractivity contribution is 0.207. The quantitative estimate of drug-likeness (QED) is 0.663. The molecular formula is C18H18N4O4S. The minimum Gasteiger partial charge on any atom is -0.473 e. The Balaban J connectivity index is 1.41. The van der Waals surface area contributed by atoms with E-state index in [2.05, 4.69) is 15.1 Å². The Bertz CT molecular complexity index is 1020. The van der Waals surface area contributed by atoms with E-state index in [0.717, 1.165) is 5.56 Å². The van der Waals surface area contributed by atoms with Crippen LogP contribution < -0.4 is 4.74 Å². The highest BCUT2D eigenvalue weighted by atomic mass is 32.2. The molecule has 2 aromatic heterocycles. The summed E-state index contributed by atoms with van der Waals surface area (Å²) in [5.74, 6) is 1.38. The van der Waals surface area contributed by atoms with Gasteiger partial charge in [-0.2, -0.15) is 9.29 Å². The number of rotatable bonds is 5. The van der Waals surface area contributed by atoms with E-state index in [-0.39, 0.29) is 6.10 Å². The number of pyridine rings is 1. The zero-order valence-electron chi connectivity index (χ0n) is 14.6. The Morgan fingerprint density at radius 1 is 1.19 bits per heavy atom. The fourth-order valence-corrected chi connectivity index (χ4v) is 4.43. The number of hydrogen-bond donors (Lipinski definition) is 0. The molecule has 1 atom stereocenters. The van der Waals surface area contributed by atoms with Gasteiger partial charge in [0.2, 0.25) is 27.6 Å². The van der Waals surface area contributed by atoms with Crippen LogP contribution in [0.4, 0.5) is 0 Å². The summed E-state index contributed by atoms with van der Waals surface area (Å²) >= 11 is 0. The van der Waals surface area contributed by atoms with E-state index in [9.17, 15) is 8.42 Å². The van der Waals surface area contributed by atoms with Crippen LogP contribution in [0.25, 0.3) is 11.4 Å². The molecule has 140 valence electrons. The summed E-state index contributed by atoms with van der Waals surface area (Å²) in [6, 6.07) is 11.9. The average Bonchev–Trinajstić information content (AvgIpc) is 3.33. The normalized spacial score (nSPS) is 17.9. The van der Waals surface area contributed by atoms with Crippen LogP contribution in [0.15, 0.2) is 58.1 Å². The molecule has 1 fully saturated rings. The second-order valence-corrected chi connectivity index (χ2v) is 8.16. The summed E-state index contributed by atoms with van der Waals surface area (Å²) in [7, 11) is -3.50. The predicted octanol–water partition coefficient (Wildman–Crippen LogP) is 2.28. The topological polar surface area (TPSA) is 98.4 Å². The van der Waals surface area contributed by atoms with Crippen molar-refractivity contribution in [3.05, 3.63) is 54.6 Å². The highest BCUT2D eigenvalue weighted by molar-refractivity contribution is 7.89. The first kappa shape index (κ1) is 17.6. The lowest BCUT2D eigenvalue weighted by atomic mass is 10.2. The van der Waals surface area contributed by atoms with E-state index in [1.165, 1.54) is 4.31 Å². The number of benzene rings is 1. The summed E-state index contributed by atoms with van der Waals surface area (Å²) in [4.78, 5) is 8.70. The third-order valence-corrected chi connectivity index (χ3v) is 6.18. The molecule has 0 radical (unpaired) electrons. The summed E-state index contributed by atoms with van der Waals surface area (Å²) in [6.45, 7) is 2.43. The van der Waals surface area contributed by atoms with E-state index in [0.29, 0.717) is 42.0 Å². The van der Waals surface area contributed by atoms with Crippen molar-refractivity contribution in [3.63, 3.8) is 0 Å². The van der Waals surface area contributed by atoms with Crippen LogP contribution >= 0.6 is 0 Å². The lowest BCUT2D eigenvalue weighted by Gasteiger charge is -2.17. The molecule has 0 N–H and O–H groups in total. The Labute approximate surface area is 156 Å². The van der Waals surface area contributed by atoms with Gasteiger partial charge in [0.1, 0.15) is 6.10 Å². The van der Waals surface area contributed by atoms with Crippen molar-refractivity contribution in [2.24, 2.45) is 0 Å². The molecule has 1 aliphatic heterocycles. The first-order valence-electron chi connectivity index (χ1n) is 8.51. The van der Waals surface area contributed by atoms with Crippen LogP contribution in [0.3, 0.4) is 0 Å². The Morgan fingerprint density at radius 3 is 2.67 bits per heavy atom. The molecular weight excluding hydrogens is 368 g/mol. The van der Waals surface area contributed by atoms with Crippen molar-refractivity contribution in [3.8, 4) is 17.3 Å². The van der Waals surface area contributed by atoms with E-state index in [1.54, 1.807) is 55.6 Å². The molecule has 27 heavy (non-hydrogen) atoms. The maximum Gasteiger partial charge on any atom is 0.243 e. The van der Waals surface area contributed by atoms with Gasteiger partial charge in [-0.1, -0.05) is 23.4 Å². The highest BCUT2D eigenvalue weighted by Gasteiger charge is 2.33. The van der Waals surface area contributed by atoms with Crippen molar-refractivity contribution in [2.75, 3.05) is 13.1 Å². The van der Waals surface area contributed by atoms with Crippen LogP contribution in [0, 0.1) is 6.92 Å². The minimum atomic E-state index is -3.50. The van der Waals surface area contributed by atoms with Gasteiger partial charge >= 0.3 is 0 Å². The van der Waals surface area contributed by atoms with Gasteiger partial charge in [-0.05, 0) is 24.6 Å². The zero-order valence-corrected chi connectivity index (χ0v) is 15.5. The monoisotopic (exact) mass is 386 g/mol. The van der Waals surface area contributed by atoms with Gasteiger partial charge in [0.05, 0.1) is 11.4 Å². The van der Waals surface area contributed by atoms with Gasteiger partial charge in [-0.25, -0.2) is 13.4 Å². The average molecular weight is 386 g/mol. The van der Waals surface area contributed by atoms with Gasteiger partial charge < -0.3 is 9.26 Å². The third kappa shape index (κ3) is 3.69. The molecule has 3 heterocycles. The van der Waals surface area contributed by atoms with Gasteiger partial charge in [0.15, 0.2) is 0 Å². The Hall–Kier alpha value is -2.78. The molecule has 9 heteroatoms. The largest absolute Gasteiger partial charge is 0.473 e. The number of hydrogen-bond acceptors (Lipinski definition) is 7. The Morgan fingerprint density at radius 2 is 2.00 bits per heavy atom. The van der Waals surface area contributed by atoms with Crippen LogP contribution in [0.2, 0.25) is 0 Å². The van der Waals surface area contributed by atoms with Crippen molar-refractivity contribution in [1.29, 1.82) is 0 Å². The number of ether oxygens (including phenoxy) is 1. The van der Waals surface area contributed by atoms with Crippen molar-refractivity contribution in [1.82, 2.24) is 19.4 Å². The van der Waals surface area contributed by atoms with Crippen molar-refractivity contribution in [2.45, 2.75) is 24.3 Å². The number of nitrogens with zero attached hydrogens (tertiary/aromatic N) is 4. The van der Waals surface area contributed by atoms with Gasteiger partial charge in [-0.15, -0.1) is 0 Å². The maximum atomic E-state index is 12.7. The number of aryl methyl sites for hydroxylation is 1. The molecule has 8 nitrogen and oxygen atoms in total. The summed E-state index contributed by atoms with van der Waals surface area (Å²) in [5.41, 5.74) is 0.721. The molecule has 0 spiro atoms. The summed E-state index contributed by atoms with van der Waals surface area (Å²) in [5, 5.41) is 3.84. The molecule has 1 aromatic carbocycles. The minimum absolute atomic E-state index is 0.241. The molecule has 0 saturated carbocycles. The van der Waals surface area contributed by atoms with E-state index in [1.807, 2.05) is 0 Å². The smallest absolute Gasteiger partial charge is 0.243 e. The lowest BCUT2D eigenvalue weighted by Crippen LogP contribution is -2.31. The van der Waals surface area contributed by atoms with Gasteiger partial charge in [0, 0.05) is 31.3 Å². The molecule has 1 aliphatic rings. The number of aromatic nitrogens is 3. The highest BCUT2D eigenvalue weighted by Crippen LogP contribution is 2.24. The summed E-state index contributed by atoms with van der Waals surface area (Å²) < 4.78 is 37.6. The second kappa shape index (κ2) is 7.09. The Kier molecular flexibility index (Phi) is 4.63. The molecule has 0 aliphatic carbocycles.